The third-order valence-corrected chi connectivity index (χ3v) is 3.95. The number of esters is 1. The summed E-state index contributed by atoms with van der Waals surface area (Å²) >= 11 is 12.5. The van der Waals surface area contributed by atoms with Gasteiger partial charge in [-0.3, -0.25) is 0 Å². The van der Waals surface area contributed by atoms with E-state index >= 15 is 0 Å². The lowest BCUT2D eigenvalue weighted by Gasteiger charge is -2.07. The van der Waals surface area contributed by atoms with Gasteiger partial charge in [-0.15, -0.1) is 0 Å². The monoisotopic (exact) mass is 347 g/mol. The summed E-state index contributed by atoms with van der Waals surface area (Å²) in [5.41, 5.74) is 2.15. The molecule has 1 aromatic heterocycles. The summed E-state index contributed by atoms with van der Waals surface area (Å²) in [6.07, 6.45) is 0. The van der Waals surface area contributed by atoms with Crippen molar-refractivity contribution < 1.29 is 14.1 Å². The largest absolute Gasteiger partial charge is 0.463 e. The topological polar surface area (TPSA) is 52.3 Å². The van der Waals surface area contributed by atoms with Crippen molar-refractivity contribution in [2.45, 2.75) is 0 Å². The van der Waals surface area contributed by atoms with Crippen molar-refractivity contribution >= 4 is 29.2 Å². The molecule has 0 fully saturated rings. The first-order valence-electron chi connectivity index (χ1n) is 6.71. The highest BCUT2D eigenvalue weighted by atomic mass is 35.5. The van der Waals surface area contributed by atoms with E-state index in [-0.39, 0.29) is 5.76 Å². The smallest absolute Gasteiger partial charge is 0.377 e. The normalized spacial score (nSPS) is 10.6. The van der Waals surface area contributed by atoms with Gasteiger partial charge in [-0.1, -0.05) is 64.8 Å². The van der Waals surface area contributed by atoms with Crippen LogP contribution in [0.3, 0.4) is 0 Å². The van der Waals surface area contributed by atoms with E-state index in [1.54, 1.807) is 18.2 Å². The summed E-state index contributed by atoms with van der Waals surface area (Å²) in [6.45, 7) is 0. The molecule has 23 heavy (non-hydrogen) atoms. The van der Waals surface area contributed by atoms with Crippen LogP contribution in [0.15, 0.2) is 53.1 Å². The number of hydrogen-bond acceptors (Lipinski definition) is 4. The number of ether oxygens (including phenoxy) is 1. The number of carbonyl (C=O) groups excluding carboxylic acids is 1. The molecule has 0 radical (unpaired) electrons. The number of rotatable bonds is 3. The Morgan fingerprint density at radius 1 is 1.00 bits per heavy atom. The average molecular weight is 348 g/mol. The summed E-state index contributed by atoms with van der Waals surface area (Å²) < 4.78 is 9.99. The van der Waals surface area contributed by atoms with Crippen LogP contribution in [0.5, 0.6) is 0 Å². The molecule has 0 unspecified atom stereocenters. The Morgan fingerprint density at radius 3 is 2.26 bits per heavy atom. The van der Waals surface area contributed by atoms with Gasteiger partial charge >= 0.3 is 5.97 Å². The highest BCUT2D eigenvalue weighted by molar-refractivity contribution is 6.39. The van der Waals surface area contributed by atoms with Crippen molar-refractivity contribution in [3.63, 3.8) is 0 Å². The van der Waals surface area contributed by atoms with Crippen molar-refractivity contribution in [1.82, 2.24) is 5.16 Å². The van der Waals surface area contributed by atoms with E-state index in [2.05, 4.69) is 5.16 Å². The minimum absolute atomic E-state index is 0.00434. The van der Waals surface area contributed by atoms with Gasteiger partial charge < -0.3 is 9.26 Å². The minimum Gasteiger partial charge on any atom is -0.463 e. The number of halogens is 2. The van der Waals surface area contributed by atoms with Crippen LogP contribution in [0, 0.1) is 0 Å². The quantitative estimate of drug-likeness (QED) is 0.618. The van der Waals surface area contributed by atoms with Crippen LogP contribution < -0.4 is 0 Å². The fraction of sp³-hybridized carbons (Fsp3) is 0.0588. The maximum atomic E-state index is 12.0. The Kier molecular flexibility index (Phi) is 4.37. The fourth-order valence-electron chi connectivity index (χ4n) is 2.29. The summed E-state index contributed by atoms with van der Waals surface area (Å²) in [5.74, 6) is -0.615. The molecule has 0 saturated heterocycles. The predicted molar refractivity (Wildman–Crippen MR) is 88.7 cm³/mol. The molecule has 0 aliphatic rings. The van der Waals surface area contributed by atoms with Crippen LogP contribution >= 0.6 is 23.2 Å². The molecule has 3 aromatic rings. The zero-order valence-corrected chi connectivity index (χ0v) is 13.6. The first kappa shape index (κ1) is 15.6. The molecule has 3 rings (SSSR count). The zero-order valence-electron chi connectivity index (χ0n) is 12.0. The number of nitrogens with zero attached hydrogens (tertiary/aromatic N) is 1. The van der Waals surface area contributed by atoms with E-state index in [9.17, 15) is 4.79 Å². The van der Waals surface area contributed by atoms with Gasteiger partial charge in [0, 0.05) is 5.56 Å². The lowest BCUT2D eigenvalue weighted by atomic mass is 9.99. The van der Waals surface area contributed by atoms with Gasteiger partial charge in [-0.2, -0.15) is 0 Å². The van der Waals surface area contributed by atoms with Gasteiger partial charge in [0.05, 0.1) is 22.7 Å². The van der Waals surface area contributed by atoms with Crippen molar-refractivity contribution in [3.8, 4) is 22.4 Å². The van der Waals surface area contributed by atoms with E-state index in [1.165, 1.54) is 7.11 Å². The lowest BCUT2D eigenvalue weighted by molar-refractivity contribution is 0.0556. The molecule has 0 N–H and O–H groups in total. The predicted octanol–water partition coefficient (Wildman–Crippen LogP) is 5.10. The van der Waals surface area contributed by atoms with Gasteiger partial charge in [0.25, 0.3) is 5.76 Å². The second-order valence-corrected chi connectivity index (χ2v) is 5.50. The number of aromatic nitrogens is 1. The molecule has 0 aliphatic carbocycles. The maximum absolute atomic E-state index is 12.0. The van der Waals surface area contributed by atoms with E-state index < -0.39 is 5.97 Å². The second-order valence-electron chi connectivity index (χ2n) is 4.69. The Bertz CT molecular complexity index is 839. The first-order valence-corrected chi connectivity index (χ1v) is 7.47. The summed E-state index contributed by atoms with van der Waals surface area (Å²) in [5, 5.41) is 4.84. The van der Waals surface area contributed by atoms with Gasteiger partial charge in [0.1, 0.15) is 5.69 Å². The molecule has 0 spiro atoms. The van der Waals surface area contributed by atoms with Crippen LogP contribution in [0.25, 0.3) is 22.4 Å². The van der Waals surface area contributed by atoms with Gasteiger partial charge in [-0.05, 0) is 17.7 Å². The van der Waals surface area contributed by atoms with Crippen LogP contribution in [0.2, 0.25) is 10.0 Å². The van der Waals surface area contributed by atoms with Crippen molar-refractivity contribution in [2.24, 2.45) is 0 Å². The molecule has 0 amide bonds. The van der Waals surface area contributed by atoms with Crippen LogP contribution in [-0.2, 0) is 4.74 Å². The highest BCUT2D eigenvalue weighted by Crippen LogP contribution is 2.41. The summed E-state index contributed by atoms with van der Waals surface area (Å²) in [6, 6.07) is 14.4. The number of hydrogen-bond donors (Lipinski definition) is 0. The Hall–Kier alpha value is -2.30. The Labute approximate surface area is 142 Å². The molecular formula is C17H11Cl2NO3. The lowest BCUT2D eigenvalue weighted by Crippen LogP contribution is -2.01. The molecular weight excluding hydrogens is 337 g/mol. The van der Waals surface area contributed by atoms with Crippen molar-refractivity contribution in [2.75, 3.05) is 7.11 Å². The van der Waals surface area contributed by atoms with Crippen LogP contribution in [0.4, 0.5) is 0 Å². The van der Waals surface area contributed by atoms with E-state index in [4.69, 9.17) is 32.5 Å². The molecule has 6 heteroatoms. The molecule has 0 saturated carbocycles. The molecule has 1 heterocycles. The molecule has 116 valence electrons. The maximum Gasteiger partial charge on any atom is 0.377 e. The van der Waals surface area contributed by atoms with Crippen molar-refractivity contribution in [1.29, 1.82) is 0 Å². The van der Waals surface area contributed by atoms with E-state index in [1.807, 2.05) is 30.3 Å². The average Bonchev–Trinajstić information content (AvgIpc) is 2.99. The Morgan fingerprint density at radius 2 is 1.65 bits per heavy atom. The zero-order chi connectivity index (χ0) is 16.4. The summed E-state index contributed by atoms with van der Waals surface area (Å²) in [4.78, 5) is 12.0. The van der Waals surface area contributed by atoms with Gasteiger partial charge in [-0.25, -0.2) is 4.79 Å². The fourth-order valence-corrected chi connectivity index (χ4v) is 2.87. The van der Waals surface area contributed by atoms with Crippen LogP contribution in [0.1, 0.15) is 10.6 Å². The number of methoxy groups -OCH3 is 1. The third kappa shape index (κ3) is 2.83. The third-order valence-electron chi connectivity index (χ3n) is 3.32. The molecule has 0 atom stereocenters. The van der Waals surface area contributed by atoms with E-state index in [0.29, 0.717) is 26.9 Å². The minimum atomic E-state index is -0.620. The highest BCUT2D eigenvalue weighted by Gasteiger charge is 2.27. The molecule has 4 nitrogen and oxygen atoms in total. The van der Waals surface area contributed by atoms with Gasteiger partial charge in [0.15, 0.2) is 0 Å². The number of benzene rings is 2. The SMILES string of the molecule is COC(=O)c1onc(-c2c(Cl)cccc2Cl)c1-c1ccccc1. The molecule has 2 aromatic carbocycles. The Balaban J connectivity index is 2.31. The molecule has 0 aliphatic heterocycles. The summed E-state index contributed by atoms with van der Waals surface area (Å²) in [7, 11) is 1.28. The first-order chi connectivity index (χ1) is 11.1. The van der Waals surface area contributed by atoms with Crippen molar-refractivity contribution in [3.05, 3.63) is 64.3 Å². The number of carbonyl (C=O) groups is 1. The molecule has 0 bridgehead atoms. The standard InChI is InChI=1S/C17H11Cl2NO3/c1-22-17(21)16-13(10-6-3-2-4-7-10)15(20-23-16)14-11(18)8-5-9-12(14)19/h2-9H,1H3. The van der Waals surface area contributed by atoms with E-state index in [0.717, 1.165) is 5.56 Å². The van der Waals surface area contributed by atoms with Crippen LogP contribution in [-0.4, -0.2) is 18.2 Å². The second kappa shape index (κ2) is 6.44. The van der Waals surface area contributed by atoms with Gasteiger partial charge in [0.2, 0.25) is 0 Å².